The van der Waals surface area contributed by atoms with E-state index in [1.54, 1.807) is 42.2 Å². The van der Waals surface area contributed by atoms with Crippen LogP contribution in [0.1, 0.15) is 37.0 Å². The van der Waals surface area contributed by atoms with Crippen LogP contribution in [0.3, 0.4) is 0 Å². The van der Waals surface area contributed by atoms with Crippen molar-refractivity contribution in [2.45, 2.75) is 39.0 Å². The maximum absolute atomic E-state index is 16.1. The van der Waals surface area contributed by atoms with Crippen molar-refractivity contribution in [2.24, 2.45) is 5.92 Å². The van der Waals surface area contributed by atoms with Gasteiger partial charge in [-0.2, -0.15) is 5.10 Å². The van der Waals surface area contributed by atoms with Gasteiger partial charge < -0.3 is 10.3 Å². The number of fused-ring (bicyclic) bond motifs is 2. The summed E-state index contributed by atoms with van der Waals surface area (Å²) in [5.74, 6) is -0.144. The van der Waals surface area contributed by atoms with Crippen molar-refractivity contribution < 1.29 is 9.18 Å². The molecule has 0 spiro atoms. The summed E-state index contributed by atoms with van der Waals surface area (Å²) in [6.07, 6.45) is 13.2. The van der Waals surface area contributed by atoms with Crippen LogP contribution in [0.5, 0.6) is 0 Å². The number of aromatic amines is 2. The van der Waals surface area contributed by atoms with E-state index in [0.717, 1.165) is 47.2 Å². The molecule has 0 atom stereocenters. The first kappa shape index (κ1) is 24.5. The second kappa shape index (κ2) is 9.91. The number of aryl methyl sites for hydroxylation is 1. The third kappa shape index (κ3) is 4.32. The zero-order valence-corrected chi connectivity index (χ0v) is 22.5. The number of pyridine rings is 3. The lowest BCUT2D eigenvalue weighted by Crippen LogP contribution is -2.24. The van der Waals surface area contributed by atoms with Crippen LogP contribution in [0.15, 0.2) is 49.2 Å². The summed E-state index contributed by atoms with van der Waals surface area (Å²) < 4.78 is 16.1. The Balaban J connectivity index is 1.26. The van der Waals surface area contributed by atoms with E-state index in [-0.39, 0.29) is 22.9 Å². The fraction of sp³-hybridized carbons (Fsp3) is 0.241. The molecule has 6 aromatic rings. The predicted molar refractivity (Wildman–Crippen MR) is 153 cm³/mol. The number of nitrogens with zero attached hydrogens (tertiary/aromatic N) is 5. The molecule has 0 aliphatic heterocycles. The fourth-order valence-electron chi connectivity index (χ4n) is 5.40. The summed E-state index contributed by atoms with van der Waals surface area (Å²) in [6, 6.07) is 5.81. The molecule has 40 heavy (non-hydrogen) atoms. The molecule has 1 aliphatic rings. The van der Waals surface area contributed by atoms with Crippen molar-refractivity contribution in [3.8, 4) is 33.2 Å². The van der Waals surface area contributed by atoms with Crippen LogP contribution in [0.4, 0.5) is 10.1 Å². The van der Waals surface area contributed by atoms with E-state index in [2.05, 4.69) is 48.4 Å². The minimum absolute atomic E-state index is 0.000436. The molecule has 3 N–H and O–H groups in total. The predicted octanol–water partition coefficient (Wildman–Crippen LogP) is 6.65. The molecule has 1 saturated carbocycles. The normalized spacial score (nSPS) is 14.2. The molecular weight excluding hydrogens is 527 g/mol. The molecule has 0 saturated heterocycles. The number of halogens is 1. The van der Waals surface area contributed by atoms with Crippen molar-refractivity contribution in [2.75, 3.05) is 5.32 Å². The largest absolute Gasteiger partial charge is 0.335 e. The Morgan fingerprint density at radius 1 is 1.02 bits per heavy atom. The number of hydrogen-bond donors (Lipinski definition) is 3. The minimum Gasteiger partial charge on any atom is -0.335 e. The van der Waals surface area contributed by atoms with Crippen LogP contribution in [-0.4, -0.2) is 41.0 Å². The van der Waals surface area contributed by atoms with Gasteiger partial charge in [0.1, 0.15) is 16.9 Å². The summed E-state index contributed by atoms with van der Waals surface area (Å²) >= 11 is 1.66. The number of carbonyl (C=O) groups is 1. The van der Waals surface area contributed by atoms with Gasteiger partial charge in [0, 0.05) is 39.2 Å². The molecule has 9 nitrogen and oxygen atoms in total. The monoisotopic (exact) mass is 552 g/mol. The molecule has 1 aliphatic carbocycles. The Hall–Kier alpha value is -4.51. The molecular formula is C29H25FN8OS. The van der Waals surface area contributed by atoms with Gasteiger partial charge in [0.2, 0.25) is 5.91 Å². The third-order valence-electron chi connectivity index (χ3n) is 7.42. The highest BCUT2D eigenvalue weighted by molar-refractivity contribution is 7.15. The van der Waals surface area contributed by atoms with Gasteiger partial charge in [-0.05, 0) is 38.0 Å². The molecule has 6 heterocycles. The van der Waals surface area contributed by atoms with Crippen molar-refractivity contribution in [3.63, 3.8) is 0 Å². The fourth-order valence-corrected chi connectivity index (χ4v) is 6.28. The lowest BCUT2D eigenvalue weighted by atomic mass is 9.88. The zero-order valence-electron chi connectivity index (χ0n) is 21.7. The molecule has 1 fully saturated rings. The average molecular weight is 553 g/mol. The van der Waals surface area contributed by atoms with Gasteiger partial charge in [0.25, 0.3) is 0 Å². The van der Waals surface area contributed by atoms with E-state index in [9.17, 15) is 4.79 Å². The number of nitrogens with one attached hydrogen (secondary N) is 3. The first-order valence-electron chi connectivity index (χ1n) is 13.2. The highest BCUT2D eigenvalue weighted by Gasteiger charge is 2.23. The van der Waals surface area contributed by atoms with Gasteiger partial charge in [-0.3, -0.25) is 24.8 Å². The number of carbonyl (C=O) groups excluding carboxylic acids is 1. The Kier molecular flexibility index (Phi) is 6.07. The summed E-state index contributed by atoms with van der Waals surface area (Å²) in [5.41, 5.74) is 4.25. The van der Waals surface area contributed by atoms with Crippen LogP contribution < -0.4 is 5.32 Å². The average Bonchev–Trinajstić information content (AvgIpc) is 3.72. The number of aromatic nitrogens is 7. The smallest absolute Gasteiger partial charge is 0.227 e. The maximum atomic E-state index is 16.1. The number of imidazole rings is 1. The van der Waals surface area contributed by atoms with Crippen LogP contribution in [0.2, 0.25) is 0 Å². The van der Waals surface area contributed by atoms with E-state index in [4.69, 9.17) is 4.98 Å². The van der Waals surface area contributed by atoms with E-state index in [0.29, 0.717) is 28.3 Å². The number of amides is 1. The summed E-state index contributed by atoms with van der Waals surface area (Å²) in [7, 11) is 0. The quantitative estimate of drug-likeness (QED) is 0.220. The first-order valence-corrected chi connectivity index (χ1v) is 14.1. The van der Waals surface area contributed by atoms with Crippen LogP contribution in [-0.2, 0) is 4.79 Å². The van der Waals surface area contributed by atoms with Gasteiger partial charge in [-0.15, -0.1) is 11.3 Å². The van der Waals surface area contributed by atoms with Crippen molar-refractivity contribution in [3.05, 3.63) is 59.9 Å². The van der Waals surface area contributed by atoms with E-state index >= 15 is 4.39 Å². The topological polar surface area (TPSA) is 125 Å². The lowest BCUT2D eigenvalue weighted by Gasteiger charge is -2.20. The molecule has 11 heteroatoms. The number of rotatable bonds is 5. The maximum Gasteiger partial charge on any atom is 0.227 e. The second-order valence-electron chi connectivity index (χ2n) is 10.1. The molecule has 0 unspecified atom stereocenters. The van der Waals surface area contributed by atoms with Crippen LogP contribution in [0.25, 0.3) is 55.2 Å². The van der Waals surface area contributed by atoms with Crippen LogP contribution in [0, 0.1) is 18.7 Å². The zero-order chi connectivity index (χ0) is 27.2. The summed E-state index contributed by atoms with van der Waals surface area (Å²) in [5, 5.41) is 10.5. The molecule has 1 amide bonds. The standard InChI is InChI=1S/C29H25FN8OS/c1-15-7-8-22(40-15)19-12-32-13-21-26(19)36-28(35-21)27-23-20(37-38-27)14-33-25(24(23)30)17-9-18(11-31-10-17)34-29(39)16-5-3-2-4-6-16/h7-14,16H,2-6H2,1H3,(H,34,39)(H,35,36)(H,37,38). The van der Waals surface area contributed by atoms with Crippen molar-refractivity contribution in [1.82, 2.24) is 35.1 Å². The Labute approximate surface area is 232 Å². The SMILES string of the molecule is Cc1ccc(-c2cncc3[nH]c(-c4n[nH]c5cnc(-c6cncc(NC(=O)C7CCCCC7)c6)c(F)c45)nc23)s1. The molecule has 7 rings (SSSR count). The number of thiophene rings is 1. The van der Waals surface area contributed by atoms with Gasteiger partial charge in [-0.1, -0.05) is 19.3 Å². The number of anilines is 1. The van der Waals surface area contributed by atoms with E-state index < -0.39 is 5.82 Å². The number of H-pyrrole nitrogens is 2. The highest BCUT2D eigenvalue weighted by Crippen LogP contribution is 2.36. The van der Waals surface area contributed by atoms with Crippen molar-refractivity contribution in [1.29, 1.82) is 0 Å². The third-order valence-corrected chi connectivity index (χ3v) is 8.46. The van der Waals surface area contributed by atoms with Crippen molar-refractivity contribution >= 4 is 44.9 Å². The highest BCUT2D eigenvalue weighted by atomic mass is 32.1. The van der Waals surface area contributed by atoms with Gasteiger partial charge in [0.05, 0.1) is 40.7 Å². The Morgan fingerprint density at radius 3 is 2.70 bits per heavy atom. The number of hydrogen-bond acceptors (Lipinski definition) is 7. The lowest BCUT2D eigenvalue weighted by molar-refractivity contribution is -0.120. The van der Waals surface area contributed by atoms with Gasteiger partial charge in [0.15, 0.2) is 11.6 Å². The summed E-state index contributed by atoms with van der Waals surface area (Å²) in [4.78, 5) is 36.0. The molecule has 0 bridgehead atoms. The minimum atomic E-state index is -0.550. The second-order valence-corrected chi connectivity index (χ2v) is 11.4. The Bertz CT molecular complexity index is 1880. The van der Waals surface area contributed by atoms with E-state index in [1.807, 2.05) is 6.07 Å². The molecule has 6 aromatic heterocycles. The Morgan fingerprint density at radius 2 is 1.88 bits per heavy atom. The first-order chi connectivity index (χ1) is 19.5. The summed E-state index contributed by atoms with van der Waals surface area (Å²) in [6.45, 7) is 2.05. The van der Waals surface area contributed by atoms with E-state index in [1.165, 1.54) is 17.5 Å². The van der Waals surface area contributed by atoms with Crippen LogP contribution >= 0.6 is 11.3 Å². The molecule has 200 valence electrons. The van der Waals surface area contributed by atoms with Gasteiger partial charge in [-0.25, -0.2) is 9.37 Å². The van der Waals surface area contributed by atoms with Gasteiger partial charge >= 0.3 is 0 Å². The molecule has 0 aromatic carbocycles. The molecule has 0 radical (unpaired) electrons.